The molecule has 0 aliphatic rings. The third-order valence-electron chi connectivity index (χ3n) is 6.27. The minimum absolute atomic E-state index is 0. The van der Waals surface area contributed by atoms with Crippen molar-refractivity contribution in [3.63, 3.8) is 0 Å². The van der Waals surface area contributed by atoms with Crippen LogP contribution in [0.5, 0.6) is 5.75 Å². The zero-order valence-corrected chi connectivity index (χ0v) is 25.7. The number of fused-ring (bicyclic) bond motifs is 2. The van der Waals surface area contributed by atoms with E-state index in [-0.39, 0.29) is 35.3 Å². The molecule has 0 bridgehead atoms. The van der Waals surface area contributed by atoms with E-state index in [1.54, 1.807) is 14.0 Å². The molecule has 4 rings (SSSR count). The normalized spacial score (nSPS) is 12.1. The van der Waals surface area contributed by atoms with E-state index in [1.807, 2.05) is 74.9 Å². The second kappa shape index (κ2) is 14.1. The number of benzene rings is 3. The van der Waals surface area contributed by atoms with E-state index in [1.165, 1.54) is 12.6 Å². The smallest absolute Gasteiger partial charge is 0.310 e. The molecule has 3 aromatic carbocycles. The molecule has 4 aromatic rings. The van der Waals surface area contributed by atoms with Gasteiger partial charge in [0.05, 0.1) is 18.8 Å². The number of methoxy groups -OCH3 is 1. The van der Waals surface area contributed by atoms with Gasteiger partial charge in [0, 0.05) is 53.2 Å². The number of H-pyrrole nitrogens is 1. The molecule has 0 unspecified atom stereocenters. The third kappa shape index (κ3) is 8.56. The van der Waals surface area contributed by atoms with Crippen molar-refractivity contribution in [2.24, 2.45) is 0 Å². The van der Waals surface area contributed by atoms with E-state index < -0.39 is 21.9 Å². The van der Waals surface area contributed by atoms with Crippen LogP contribution >= 0.6 is 0 Å². The monoisotopic (exact) mass is 548 g/mol. The third-order valence-corrected chi connectivity index (χ3v) is 7.61. The van der Waals surface area contributed by atoms with Crippen molar-refractivity contribution in [2.45, 2.75) is 25.0 Å². The summed E-state index contributed by atoms with van der Waals surface area (Å²) in [7, 11) is 3.92. The molecule has 0 saturated carbocycles. The predicted molar refractivity (Wildman–Crippen MR) is 155 cm³/mol. The zero-order valence-electron chi connectivity index (χ0n) is 22.9. The molecule has 0 fully saturated rings. The molecule has 1 atom stereocenters. The first-order chi connectivity index (χ1) is 17.5. The number of likely N-dealkylation sites (N-methyl/N-ethyl adjacent to an activating group) is 1. The van der Waals surface area contributed by atoms with Gasteiger partial charge in [-0.15, -0.1) is 0 Å². The van der Waals surface area contributed by atoms with Crippen molar-refractivity contribution in [3.05, 3.63) is 77.5 Å². The topological polar surface area (TPSA) is 112 Å². The van der Waals surface area contributed by atoms with E-state index in [2.05, 4.69) is 14.6 Å². The minimum atomic E-state index is -3.23. The van der Waals surface area contributed by atoms with E-state index in [0.717, 1.165) is 51.5 Å². The molecule has 1 heterocycles. The van der Waals surface area contributed by atoms with Crippen LogP contribution < -0.4 is 9.46 Å². The number of ether oxygens (including phenoxy) is 1. The van der Waals surface area contributed by atoms with Crippen LogP contribution in [0.1, 0.15) is 29.5 Å². The van der Waals surface area contributed by atoms with Gasteiger partial charge in [0.15, 0.2) is 0 Å². The molecular formula is C28H35N3NaO5S. The Morgan fingerprint density at radius 1 is 1.08 bits per heavy atom. The Balaban J connectivity index is 0.000000263. The van der Waals surface area contributed by atoms with Crippen molar-refractivity contribution in [1.82, 2.24) is 14.6 Å². The quantitative estimate of drug-likeness (QED) is 0.273. The maximum atomic E-state index is 11.6. The van der Waals surface area contributed by atoms with Gasteiger partial charge in [-0.1, -0.05) is 30.3 Å². The number of hydrogen-bond donors (Lipinski definition) is 3. The summed E-state index contributed by atoms with van der Waals surface area (Å²) in [5.74, 6) is -0.478. The van der Waals surface area contributed by atoms with Gasteiger partial charge in [-0.05, 0) is 86.2 Å². The molecule has 1 aromatic heterocycles. The van der Waals surface area contributed by atoms with E-state index >= 15 is 0 Å². The number of aromatic nitrogens is 1. The number of carbonyl (C=O) groups is 1. The van der Waals surface area contributed by atoms with Gasteiger partial charge in [0.2, 0.25) is 10.0 Å². The van der Waals surface area contributed by atoms with Crippen molar-refractivity contribution >= 4 is 67.2 Å². The Kier molecular flexibility index (Phi) is 11.8. The van der Waals surface area contributed by atoms with Crippen LogP contribution in [0.15, 0.2) is 60.8 Å². The number of sulfonamides is 1. The van der Waals surface area contributed by atoms with Gasteiger partial charge < -0.3 is 19.7 Å². The Morgan fingerprint density at radius 2 is 1.76 bits per heavy atom. The maximum Gasteiger partial charge on any atom is 0.310 e. The molecule has 0 aliphatic heterocycles. The second-order valence-corrected chi connectivity index (χ2v) is 11.2. The molecule has 0 saturated heterocycles. The van der Waals surface area contributed by atoms with Crippen LogP contribution in [-0.2, 0) is 27.0 Å². The molecular weight excluding hydrogens is 513 g/mol. The Bertz CT molecular complexity index is 1480. The first-order valence-electron chi connectivity index (χ1n) is 12.0. The summed E-state index contributed by atoms with van der Waals surface area (Å²) in [5.41, 5.74) is 3.88. The molecule has 1 radical (unpaired) electrons. The first kappa shape index (κ1) is 31.8. The van der Waals surface area contributed by atoms with Gasteiger partial charge in [-0.2, -0.15) is 0 Å². The van der Waals surface area contributed by atoms with Crippen LogP contribution in [-0.4, -0.2) is 93.7 Å². The fraction of sp³-hybridized carbons (Fsp3) is 0.321. The van der Waals surface area contributed by atoms with Crippen LogP contribution in [0.4, 0.5) is 0 Å². The number of carboxylic acid groups (broad SMARTS) is 1. The van der Waals surface area contributed by atoms with Gasteiger partial charge in [-0.3, -0.25) is 4.79 Å². The van der Waals surface area contributed by atoms with E-state index in [0.29, 0.717) is 0 Å². The van der Waals surface area contributed by atoms with E-state index in [4.69, 9.17) is 9.84 Å². The summed E-state index contributed by atoms with van der Waals surface area (Å²) < 4.78 is 30.7. The number of aliphatic carboxylic acids is 1. The molecule has 3 N–H and O–H groups in total. The van der Waals surface area contributed by atoms with Crippen LogP contribution in [0, 0.1) is 0 Å². The molecule has 0 aliphatic carbocycles. The molecule has 199 valence electrons. The minimum Gasteiger partial charge on any atom is -0.497 e. The van der Waals surface area contributed by atoms with Gasteiger partial charge in [0.25, 0.3) is 0 Å². The first-order valence-corrected chi connectivity index (χ1v) is 13.6. The SMILES string of the molecule is CNS(=O)(=O)Cc1ccc2[nH]cc(CCN(C)C)c2c1.COc1ccc2cc([C@H](C)C(=O)O)ccc2c1.[Na]. The largest absolute Gasteiger partial charge is 0.497 e. The zero-order chi connectivity index (χ0) is 27.2. The summed E-state index contributed by atoms with van der Waals surface area (Å²) in [6, 6.07) is 17.2. The fourth-order valence-electron chi connectivity index (χ4n) is 3.94. The van der Waals surface area contributed by atoms with Crippen molar-refractivity contribution < 1.29 is 23.1 Å². The van der Waals surface area contributed by atoms with Crippen molar-refractivity contribution in [3.8, 4) is 5.75 Å². The van der Waals surface area contributed by atoms with Crippen LogP contribution in [0.2, 0.25) is 0 Å². The number of nitrogens with zero attached hydrogens (tertiary/aromatic N) is 1. The van der Waals surface area contributed by atoms with Gasteiger partial charge in [0.1, 0.15) is 5.75 Å². The second-order valence-electron chi connectivity index (χ2n) is 9.24. The van der Waals surface area contributed by atoms with Gasteiger partial charge in [-0.25, -0.2) is 13.1 Å². The number of aromatic amines is 1. The van der Waals surface area contributed by atoms with Crippen LogP contribution in [0.25, 0.3) is 21.7 Å². The standard InChI is InChI=1S/C14H21N3O2S.C14H14O3.Na/c1-15-20(18,19)10-11-4-5-14-13(8-11)12(9-16-14)6-7-17(2)3;1-9(14(15)16)10-3-4-12-8-13(17-2)6-5-11(12)7-10;/h4-5,8-9,15-16H,6-7,10H2,1-3H3;3-9H,1-2H3,(H,15,16);/t;9-;/m.0./s1. The van der Waals surface area contributed by atoms with Gasteiger partial charge >= 0.3 is 5.97 Å². The average molecular weight is 549 g/mol. The molecule has 0 amide bonds. The molecule has 38 heavy (non-hydrogen) atoms. The Morgan fingerprint density at radius 3 is 2.39 bits per heavy atom. The maximum absolute atomic E-state index is 11.6. The average Bonchev–Trinajstić information content (AvgIpc) is 3.28. The summed E-state index contributed by atoms with van der Waals surface area (Å²) in [5, 5.41) is 12.1. The number of nitrogens with one attached hydrogen (secondary N) is 2. The Hall–Kier alpha value is -2.40. The summed E-state index contributed by atoms with van der Waals surface area (Å²) >= 11 is 0. The molecule has 0 spiro atoms. The van der Waals surface area contributed by atoms with E-state index in [9.17, 15) is 13.2 Å². The summed E-state index contributed by atoms with van der Waals surface area (Å²) in [4.78, 5) is 16.3. The number of rotatable bonds is 9. The summed E-state index contributed by atoms with van der Waals surface area (Å²) in [6.07, 6.45) is 2.94. The van der Waals surface area contributed by atoms with Crippen LogP contribution in [0.3, 0.4) is 0 Å². The molecule has 10 heteroatoms. The Labute approximate surface area is 246 Å². The predicted octanol–water partition coefficient (Wildman–Crippen LogP) is 3.98. The fourth-order valence-corrected chi connectivity index (χ4v) is 4.70. The number of carboxylic acids is 1. The summed E-state index contributed by atoms with van der Waals surface area (Å²) in [6.45, 7) is 2.65. The van der Waals surface area contributed by atoms with Crippen molar-refractivity contribution in [1.29, 1.82) is 0 Å². The van der Waals surface area contributed by atoms with Crippen molar-refractivity contribution in [2.75, 3.05) is 34.8 Å². The molecule has 8 nitrogen and oxygen atoms in total. The number of hydrogen-bond acceptors (Lipinski definition) is 5.